The minimum atomic E-state index is -1.14. The third-order valence-corrected chi connectivity index (χ3v) is 11.2. The number of aromatic nitrogens is 8. The zero-order chi connectivity index (χ0) is 43.5. The maximum atomic E-state index is 12.8. The molecule has 0 unspecified atom stereocenters. The van der Waals surface area contributed by atoms with Crippen molar-refractivity contribution < 1.29 is 29.0 Å². The molecule has 23 heteroatoms. The normalized spacial score (nSPS) is 13.2. The summed E-state index contributed by atoms with van der Waals surface area (Å²) in [5, 5.41) is 37.0. The summed E-state index contributed by atoms with van der Waals surface area (Å²) < 4.78 is 8.22. The summed E-state index contributed by atoms with van der Waals surface area (Å²) in [5.41, 5.74) is 7.39. The number of amides is 3. The van der Waals surface area contributed by atoms with Crippen LogP contribution in [0.5, 0.6) is 5.75 Å². The number of carboxylic acid groups (broad SMARTS) is 1. The Morgan fingerprint density at radius 2 is 1.32 bits per heavy atom. The Labute approximate surface area is 361 Å². The van der Waals surface area contributed by atoms with Gasteiger partial charge in [0.2, 0.25) is 0 Å². The Balaban J connectivity index is 0.000000176. The number of hydrogen-bond acceptors (Lipinski definition) is 17. The maximum absolute atomic E-state index is 12.8. The van der Waals surface area contributed by atoms with Crippen LogP contribution in [0, 0.1) is 0 Å². The molecule has 9 rings (SSSR count). The van der Waals surface area contributed by atoms with E-state index < -0.39 is 5.97 Å². The molecule has 0 aliphatic heterocycles. The number of ether oxygens (including phenoxy) is 1. The first kappa shape index (κ1) is 41.3. The van der Waals surface area contributed by atoms with Crippen molar-refractivity contribution >= 4 is 90.7 Å². The number of imidazole rings is 2. The first-order valence-corrected chi connectivity index (χ1v) is 21.1. The average molecular weight is 880 g/mol. The molecule has 0 spiro atoms. The van der Waals surface area contributed by atoms with E-state index in [4.69, 9.17) is 4.74 Å². The quantitative estimate of drug-likeness (QED) is 0.0754. The highest BCUT2D eigenvalue weighted by Crippen LogP contribution is 2.31. The van der Waals surface area contributed by atoms with Gasteiger partial charge in [-0.25, -0.2) is 33.8 Å². The number of rotatable bonds is 15. The molecular weight excluding hydrogens is 839 g/mol. The summed E-state index contributed by atoms with van der Waals surface area (Å²) in [6, 6.07) is 11.7. The summed E-state index contributed by atoms with van der Waals surface area (Å²) >= 11 is 2.44. The molecule has 6 heterocycles. The fraction of sp³-hybridized carbons (Fsp3) is 0.282. The number of hydrogen-bond donors (Lipinski definition) is 7. The van der Waals surface area contributed by atoms with E-state index in [0.717, 1.165) is 48.3 Å². The number of methoxy groups -OCH3 is 1. The predicted molar refractivity (Wildman–Crippen MR) is 233 cm³/mol. The lowest BCUT2D eigenvalue weighted by molar-refractivity contribution is 0.0691. The van der Waals surface area contributed by atoms with Crippen molar-refractivity contribution in [2.24, 2.45) is 0 Å². The Morgan fingerprint density at radius 3 is 1.87 bits per heavy atom. The zero-order valence-corrected chi connectivity index (χ0v) is 35.4. The molecule has 0 radical (unpaired) electrons. The molecule has 0 atom stereocenters. The lowest BCUT2D eigenvalue weighted by atomic mass is 10.2. The number of thiazole rings is 2. The number of carbonyl (C=O) groups excluding carboxylic acids is 3. The molecule has 62 heavy (non-hydrogen) atoms. The second-order valence-corrected chi connectivity index (χ2v) is 16.0. The van der Waals surface area contributed by atoms with Crippen LogP contribution >= 0.6 is 22.7 Å². The van der Waals surface area contributed by atoms with Gasteiger partial charge in [0.25, 0.3) is 17.7 Å². The molecule has 2 aliphatic carbocycles. The molecule has 21 nitrogen and oxygen atoms in total. The van der Waals surface area contributed by atoms with Crippen LogP contribution in [0.3, 0.4) is 0 Å². The van der Waals surface area contributed by atoms with E-state index >= 15 is 0 Å². The minimum Gasteiger partial charge on any atom is -0.497 e. The van der Waals surface area contributed by atoms with Gasteiger partial charge < -0.3 is 46.6 Å². The molecule has 2 saturated carbocycles. The Bertz CT molecular complexity index is 2790. The molecule has 2 aliphatic rings. The number of aromatic carboxylic acids is 1. The van der Waals surface area contributed by atoms with E-state index in [-0.39, 0.29) is 41.2 Å². The molecule has 320 valence electrons. The molecule has 0 saturated heterocycles. The fourth-order valence-corrected chi connectivity index (χ4v) is 7.58. The van der Waals surface area contributed by atoms with E-state index in [1.54, 1.807) is 38.8 Å². The largest absolute Gasteiger partial charge is 0.497 e. The SMILES string of the molecule is CNC(=O)c1ncsc1Nc1cc(NC)c2ncc(C(=O)NC3CC3)n2n1.COc1ccc(CN(C)c2cc(Nc3scnc3C(=O)O)nn3c(C(=O)NC4CC4)cnc23)cc1. The van der Waals surface area contributed by atoms with E-state index in [1.165, 1.54) is 38.3 Å². The van der Waals surface area contributed by atoms with Crippen molar-refractivity contribution in [1.82, 2.24) is 55.1 Å². The van der Waals surface area contributed by atoms with Crippen molar-refractivity contribution in [2.75, 3.05) is 49.1 Å². The van der Waals surface area contributed by atoms with Crippen molar-refractivity contribution in [3.63, 3.8) is 0 Å². The first-order chi connectivity index (χ1) is 30.0. The van der Waals surface area contributed by atoms with E-state index in [1.807, 2.05) is 36.2 Å². The number of benzene rings is 1. The second kappa shape index (κ2) is 17.7. The summed E-state index contributed by atoms with van der Waals surface area (Å²) in [6.45, 7) is 0.556. The van der Waals surface area contributed by atoms with Crippen molar-refractivity contribution in [3.8, 4) is 5.75 Å². The Kier molecular flexibility index (Phi) is 11.8. The number of nitrogens with zero attached hydrogens (tertiary/aromatic N) is 9. The molecule has 6 aromatic heterocycles. The van der Waals surface area contributed by atoms with Crippen molar-refractivity contribution in [3.05, 3.63) is 88.2 Å². The van der Waals surface area contributed by atoms with Gasteiger partial charge in [0.1, 0.15) is 15.8 Å². The van der Waals surface area contributed by atoms with Gasteiger partial charge in [-0.3, -0.25) is 14.4 Å². The third kappa shape index (κ3) is 9.02. The van der Waals surface area contributed by atoms with Crippen LogP contribution in [0.15, 0.2) is 59.8 Å². The van der Waals surface area contributed by atoms with Gasteiger partial charge in [-0.1, -0.05) is 12.1 Å². The van der Waals surface area contributed by atoms with Gasteiger partial charge in [0.05, 0.1) is 41.9 Å². The lowest BCUT2D eigenvalue weighted by Crippen LogP contribution is -2.27. The molecule has 7 aromatic rings. The van der Waals surface area contributed by atoms with Crippen LogP contribution in [-0.2, 0) is 6.54 Å². The molecule has 3 amide bonds. The monoisotopic (exact) mass is 879 g/mol. The summed E-state index contributed by atoms with van der Waals surface area (Å²) in [5.74, 6) is -0.302. The van der Waals surface area contributed by atoms with E-state index in [9.17, 15) is 24.3 Å². The fourth-order valence-electron chi connectivity index (χ4n) is 6.22. The Morgan fingerprint density at radius 1 is 0.774 bits per heavy atom. The van der Waals surface area contributed by atoms with Crippen molar-refractivity contribution in [2.45, 2.75) is 44.3 Å². The standard InChI is InChI=1S/C23H23N7O4S.C16H18N8O2S/c1-29(11-13-3-7-15(34-2)8-4-13)16-9-18(27-22-19(23(32)33)25-12-35-22)28-30-17(10-24-20(16)30)21(31)26-14-5-6-14;1-17-9-5-11(22-16-12(15(26)18-2)20-7-27-16)23-24-10(6-19-13(9)24)14(25)21-8-3-4-8/h3-4,7-10,12,14H,5-6,11H2,1-2H3,(H,26,31)(H,27,28)(H,32,33);5-8,17H,3-4H2,1-2H3,(H,18,26)(H,21,25)(H,22,23). The summed E-state index contributed by atoms with van der Waals surface area (Å²) in [6.07, 6.45) is 6.93. The molecule has 2 fully saturated rings. The van der Waals surface area contributed by atoms with Gasteiger partial charge in [0.15, 0.2) is 45.7 Å². The van der Waals surface area contributed by atoms with Crippen LogP contribution in [0.2, 0.25) is 0 Å². The molecule has 0 bridgehead atoms. The lowest BCUT2D eigenvalue weighted by Gasteiger charge is -2.21. The highest BCUT2D eigenvalue weighted by Gasteiger charge is 2.28. The van der Waals surface area contributed by atoms with Gasteiger partial charge in [-0.15, -0.1) is 32.9 Å². The molecule has 1 aromatic carbocycles. The van der Waals surface area contributed by atoms with Gasteiger partial charge in [0, 0.05) is 51.9 Å². The number of carbonyl (C=O) groups is 4. The molecular formula is C39H41N15O6S2. The summed E-state index contributed by atoms with van der Waals surface area (Å²) in [4.78, 5) is 67.5. The topological polar surface area (TPSA) is 259 Å². The van der Waals surface area contributed by atoms with Crippen LogP contribution in [0.4, 0.5) is 33.0 Å². The van der Waals surface area contributed by atoms with Gasteiger partial charge >= 0.3 is 5.97 Å². The Hall–Kier alpha value is -7.40. The smallest absolute Gasteiger partial charge is 0.357 e. The van der Waals surface area contributed by atoms with Gasteiger partial charge in [-0.05, 0) is 43.4 Å². The number of carboxylic acids is 1. The number of anilines is 6. The molecule has 7 N–H and O–H groups in total. The zero-order valence-electron chi connectivity index (χ0n) is 33.8. The van der Waals surface area contributed by atoms with Crippen LogP contribution in [0.25, 0.3) is 11.3 Å². The number of nitrogens with one attached hydrogen (secondary N) is 6. The highest BCUT2D eigenvalue weighted by molar-refractivity contribution is 7.14. The number of fused-ring (bicyclic) bond motifs is 2. The van der Waals surface area contributed by atoms with Crippen molar-refractivity contribution in [1.29, 1.82) is 0 Å². The summed E-state index contributed by atoms with van der Waals surface area (Å²) in [7, 11) is 6.85. The van der Waals surface area contributed by atoms with Gasteiger partial charge in [-0.2, -0.15) is 0 Å². The third-order valence-electron chi connectivity index (χ3n) is 9.73. The van der Waals surface area contributed by atoms with E-state index in [0.29, 0.717) is 62.2 Å². The van der Waals surface area contributed by atoms with Crippen LogP contribution < -0.4 is 41.5 Å². The predicted octanol–water partition coefficient (Wildman–Crippen LogP) is 4.39. The second-order valence-electron chi connectivity index (χ2n) is 14.3. The average Bonchev–Trinajstić information content (AvgIpc) is 4.00. The first-order valence-electron chi connectivity index (χ1n) is 19.3. The highest BCUT2D eigenvalue weighted by atomic mass is 32.1. The van der Waals surface area contributed by atoms with Crippen LogP contribution in [-0.4, -0.2) is 108 Å². The maximum Gasteiger partial charge on any atom is 0.357 e. The minimum absolute atomic E-state index is 0.0950. The van der Waals surface area contributed by atoms with E-state index in [2.05, 4.69) is 62.0 Å². The van der Waals surface area contributed by atoms with Crippen LogP contribution in [0.1, 0.15) is 73.2 Å².